The highest BCUT2D eigenvalue weighted by atomic mass is 35.5. The van der Waals surface area contributed by atoms with Crippen LogP contribution in [0.15, 0.2) is 60.0 Å². The van der Waals surface area contributed by atoms with Crippen molar-refractivity contribution in [2.75, 3.05) is 5.32 Å². The number of nitro benzene ring substituents is 1. The standard InChI is InChI=1S/C20H16ClF3N2O3S/c21-13-5-3-12(4-6-13)18(27)11-16(19-2-1-9-30-19)25-14-7-8-17(26(28)29)15(10-14)20(22,23)24/h1-10,16,18,25,27H,11H2/t16-,18-/m1/s1. The highest BCUT2D eigenvalue weighted by Gasteiger charge is 2.38. The molecule has 0 amide bonds. The maximum Gasteiger partial charge on any atom is 0.423 e. The van der Waals surface area contributed by atoms with E-state index in [2.05, 4.69) is 5.32 Å². The second-order valence-corrected chi connectivity index (χ2v) is 7.92. The van der Waals surface area contributed by atoms with Gasteiger partial charge >= 0.3 is 6.18 Å². The molecular formula is C20H16ClF3N2O3S. The summed E-state index contributed by atoms with van der Waals surface area (Å²) in [6.07, 6.45) is -5.61. The first-order valence-electron chi connectivity index (χ1n) is 8.74. The van der Waals surface area contributed by atoms with Gasteiger partial charge in [-0.1, -0.05) is 29.8 Å². The Balaban J connectivity index is 1.89. The number of halogens is 4. The van der Waals surface area contributed by atoms with Gasteiger partial charge in [-0.3, -0.25) is 10.1 Å². The lowest BCUT2D eigenvalue weighted by atomic mass is 10.0. The predicted octanol–water partition coefficient (Wildman–Crippen LogP) is 6.61. The highest BCUT2D eigenvalue weighted by Crippen LogP contribution is 2.39. The van der Waals surface area contributed by atoms with Crippen molar-refractivity contribution < 1.29 is 23.2 Å². The van der Waals surface area contributed by atoms with Gasteiger partial charge in [0, 0.05) is 28.1 Å². The van der Waals surface area contributed by atoms with Gasteiger partial charge in [-0.25, -0.2) is 0 Å². The van der Waals surface area contributed by atoms with Gasteiger partial charge in [0.25, 0.3) is 5.69 Å². The summed E-state index contributed by atoms with van der Waals surface area (Å²) in [4.78, 5) is 10.7. The molecule has 0 spiro atoms. The van der Waals surface area contributed by atoms with Gasteiger partial charge in [-0.05, 0) is 41.3 Å². The number of anilines is 1. The molecule has 1 heterocycles. The van der Waals surface area contributed by atoms with E-state index in [-0.39, 0.29) is 12.1 Å². The molecule has 0 saturated heterocycles. The Morgan fingerprint density at radius 2 is 1.87 bits per heavy atom. The number of aliphatic hydroxyl groups is 1. The van der Waals surface area contributed by atoms with Gasteiger partial charge in [0.15, 0.2) is 0 Å². The van der Waals surface area contributed by atoms with Gasteiger partial charge in [0.2, 0.25) is 0 Å². The molecule has 0 aliphatic carbocycles. The zero-order chi connectivity index (χ0) is 21.9. The Kier molecular flexibility index (Phi) is 6.64. The molecule has 0 radical (unpaired) electrons. The molecule has 0 aliphatic heterocycles. The lowest BCUT2D eigenvalue weighted by Crippen LogP contribution is -2.15. The molecule has 5 nitrogen and oxygen atoms in total. The maximum atomic E-state index is 13.3. The van der Waals surface area contributed by atoms with E-state index in [9.17, 15) is 28.4 Å². The van der Waals surface area contributed by atoms with Crippen LogP contribution in [0, 0.1) is 10.1 Å². The zero-order valence-electron chi connectivity index (χ0n) is 15.3. The summed E-state index contributed by atoms with van der Waals surface area (Å²) in [7, 11) is 0. The Hall–Kier alpha value is -2.62. The van der Waals surface area contributed by atoms with Crippen LogP contribution in [0.2, 0.25) is 5.02 Å². The number of thiophene rings is 1. The molecule has 0 fully saturated rings. The Morgan fingerprint density at radius 1 is 1.17 bits per heavy atom. The Bertz CT molecular complexity index is 1010. The lowest BCUT2D eigenvalue weighted by Gasteiger charge is -2.23. The van der Waals surface area contributed by atoms with Crippen molar-refractivity contribution in [3.8, 4) is 0 Å². The van der Waals surface area contributed by atoms with Crippen LogP contribution < -0.4 is 5.32 Å². The molecule has 2 N–H and O–H groups in total. The topological polar surface area (TPSA) is 75.4 Å². The average Bonchev–Trinajstić information content (AvgIpc) is 3.22. The minimum absolute atomic E-state index is 0.0645. The molecule has 2 aromatic carbocycles. The summed E-state index contributed by atoms with van der Waals surface area (Å²) in [5.74, 6) is 0. The molecular weight excluding hydrogens is 441 g/mol. The normalized spacial score (nSPS) is 13.6. The third kappa shape index (κ3) is 5.29. The number of hydrogen-bond donors (Lipinski definition) is 2. The third-order valence-electron chi connectivity index (χ3n) is 4.44. The molecule has 10 heteroatoms. The summed E-state index contributed by atoms with van der Waals surface area (Å²) in [5, 5.41) is 26.9. The molecule has 158 valence electrons. The maximum absolute atomic E-state index is 13.3. The molecule has 0 aliphatic rings. The highest BCUT2D eigenvalue weighted by molar-refractivity contribution is 7.10. The quantitative estimate of drug-likeness (QED) is 0.310. The first-order valence-corrected chi connectivity index (χ1v) is 10.00. The number of nitro groups is 1. The fraction of sp³-hybridized carbons (Fsp3) is 0.200. The van der Waals surface area contributed by atoms with Crippen molar-refractivity contribution in [2.45, 2.75) is 24.7 Å². The van der Waals surface area contributed by atoms with Crippen LogP contribution in [0.3, 0.4) is 0 Å². The monoisotopic (exact) mass is 456 g/mol. The van der Waals surface area contributed by atoms with Crippen LogP contribution in [0.1, 0.15) is 34.6 Å². The second-order valence-electron chi connectivity index (χ2n) is 6.50. The van der Waals surface area contributed by atoms with Crippen molar-refractivity contribution in [1.29, 1.82) is 0 Å². The molecule has 0 unspecified atom stereocenters. The predicted molar refractivity (Wildman–Crippen MR) is 110 cm³/mol. The van der Waals surface area contributed by atoms with E-state index in [1.165, 1.54) is 17.4 Å². The number of nitrogens with one attached hydrogen (secondary N) is 1. The van der Waals surface area contributed by atoms with E-state index < -0.39 is 34.5 Å². The SMILES string of the molecule is O=[N+]([O-])c1ccc(N[C@H](C[C@@H](O)c2ccc(Cl)cc2)c2cccs2)cc1C(F)(F)F. The van der Waals surface area contributed by atoms with Gasteiger partial charge in [0.1, 0.15) is 5.56 Å². The summed E-state index contributed by atoms with van der Waals surface area (Å²) >= 11 is 7.25. The van der Waals surface area contributed by atoms with E-state index >= 15 is 0 Å². The molecule has 0 bridgehead atoms. The van der Waals surface area contributed by atoms with Crippen molar-refractivity contribution in [1.82, 2.24) is 0 Å². The smallest absolute Gasteiger partial charge is 0.388 e. The molecule has 2 atom stereocenters. The Morgan fingerprint density at radius 3 is 2.43 bits per heavy atom. The number of alkyl halides is 3. The van der Waals surface area contributed by atoms with Crippen LogP contribution >= 0.6 is 22.9 Å². The number of nitrogens with zero attached hydrogens (tertiary/aromatic N) is 1. The van der Waals surface area contributed by atoms with Crippen LogP contribution in [-0.2, 0) is 6.18 Å². The molecule has 1 aromatic heterocycles. The van der Waals surface area contributed by atoms with E-state index in [0.29, 0.717) is 16.7 Å². The number of rotatable bonds is 7. The minimum atomic E-state index is -4.87. The summed E-state index contributed by atoms with van der Waals surface area (Å²) in [5.41, 5.74) is -1.67. The van der Waals surface area contributed by atoms with Crippen LogP contribution in [0.4, 0.5) is 24.5 Å². The van der Waals surface area contributed by atoms with E-state index in [4.69, 9.17) is 11.6 Å². The van der Waals surface area contributed by atoms with Crippen molar-refractivity contribution in [3.05, 3.63) is 91.1 Å². The van der Waals surface area contributed by atoms with Crippen LogP contribution in [0.25, 0.3) is 0 Å². The van der Waals surface area contributed by atoms with Crippen LogP contribution in [-0.4, -0.2) is 10.0 Å². The summed E-state index contributed by atoms with van der Waals surface area (Å²) in [6.45, 7) is 0. The van der Waals surface area contributed by atoms with Crippen molar-refractivity contribution in [3.63, 3.8) is 0 Å². The number of aliphatic hydroxyl groups excluding tert-OH is 1. The van der Waals surface area contributed by atoms with Crippen molar-refractivity contribution in [2.24, 2.45) is 0 Å². The van der Waals surface area contributed by atoms with E-state index in [0.717, 1.165) is 10.9 Å². The largest absolute Gasteiger partial charge is 0.423 e. The molecule has 3 rings (SSSR count). The number of benzene rings is 2. The van der Waals surface area contributed by atoms with E-state index in [1.54, 1.807) is 36.4 Å². The zero-order valence-corrected chi connectivity index (χ0v) is 16.8. The van der Waals surface area contributed by atoms with Gasteiger partial charge in [0.05, 0.1) is 17.1 Å². The van der Waals surface area contributed by atoms with Gasteiger partial charge < -0.3 is 10.4 Å². The van der Waals surface area contributed by atoms with Gasteiger partial charge in [-0.2, -0.15) is 13.2 Å². The third-order valence-corrected chi connectivity index (χ3v) is 5.68. The molecule has 0 saturated carbocycles. The van der Waals surface area contributed by atoms with Crippen molar-refractivity contribution >= 4 is 34.3 Å². The Labute approximate surface area is 178 Å². The summed E-state index contributed by atoms with van der Waals surface area (Å²) < 4.78 is 39.8. The fourth-order valence-corrected chi connectivity index (χ4v) is 3.91. The average molecular weight is 457 g/mol. The lowest BCUT2D eigenvalue weighted by molar-refractivity contribution is -0.388. The van der Waals surface area contributed by atoms with E-state index in [1.807, 2.05) is 5.38 Å². The van der Waals surface area contributed by atoms with Crippen LogP contribution in [0.5, 0.6) is 0 Å². The fourth-order valence-electron chi connectivity index (χ4n) is 2.99. The first-order chi connectivity index (χ1) is 14.1. The number of hydrogen-bond acceptors (Lipinski definition) is 5. The summed E-state index contributed by atoms with van der Waals surface area (Å²) in [6, 6.07) is 12.5. The second kappa shape index (κ2) is 9.03. The first kappa shape index (κ1) is 22.1. The minimum Gasteiger partial charge on any atom is -0.388 e. The molecule has 3 aromatic rings. The van der Waals surface area contributed by atoms with Gasteiger partial charge in [-0.15, -0.1) is 11.3 Å². The molecule has 30 heavy (non-hydrogen) atoms.